The molecule has 9 nitrogen and oxygen atoms in total. The van der Waals surface area contributed by atoms with Crippen molar-refractivity contribution in [1.82, 2.24) is 10.6 Å². The molecule has 34 heavy (non-hydrogen) atoms. The fraction of sp³-hybridized carbons (Fsp3) is 0.292. The maximum atomic E-state index is 13.4. The number of hydrogen-bond acceptors (Lipinski definition) is 6. The lowest BCUT2D eigenvalue weighted by Gasteiger charge is -2.34. The molecule has 1 heterocycles. The Morgan fingerprint density at radius 3 is 2.41 bits per heavy atom. The molecule has 1 fully saturated rings. The molecule has 0 spiro atoms. The normalized spacial score (nSPS) is 17.3. The minimum absolute atomic E-state index is 0.203. The number of halogens is 1. The molecular formula is C24H26BrN3O6. The molecule has 3 N–H and O–H groups in total. The van der Waals surface area contributed by atoms with Crippen LogP contribution in [0.15, 0.2) is 53.1 Å². The summed E-state index contributed by atoms with van der Waals surface area (Å²) in [5, 5.41) is 8.14. The molecule has 3 rings (SSSR count). The number of amides is 3. The molecule has 0 unspecified atom stereocenters. The van der Waals surface area contributed by atoms with Crippen LogP contribution in [0.2, 0.25) is 0 Å². The Kier molecular flexibility index (Phi) is 8.17. The average molecular weight is 532 g/mol. The van der Waals surface area contributed by atoms with Gasteiger partial charge in [-0.15, -0.1) is 0 Å². The lowest BCUT2D eigenvalue weighted by molar-refractivity contribution is -0.119. The van der Waals surface area contributed by atoms with Gasteiger partial charge >= 0.3 is 12.0 Å². The van der Waals surface area contributed by atoms with E-state index in [2.05, 4.69) is 38.5 Å². The minimum Gasteiger partial charge on any atom is -0.490 e. The molecule has 2 atom stereocenters. The van der Waals surface area contributed by atoms with Crippen LogP contribution in [0, 0.1) is 5.92 Å². The molecule has 2 aromatic rings. The van der Waals surface area contributed by atoms with Crippen LogP contribution in [0.25, 0.3) is 0 Å². The highest BCUT2D eigenvalue weighted by Gasteiger charge is 2.39. The monoisotopic (exact) mass is 531 g/mol. The van der Waals surface area contributed by atoms with Crippen molar-refractivity contribution in [2.75, 3.05) is 25.6 Å². The highest BCUT2D eigenvalue weighted by Crippen LogP contribution is 2.41. The first-order valence-corrected chi connectivity index (χ1v) is 11.4. The van der Waals surface area contributed by atoms with E-state index in [1.54, 1.807) is 36.4 Å². The Morgan fingerprint density at radius 2 is 1.76 bits per heavy atom. The first-order valence-electron chi connectivity index (χ1n) is 10.6. The van der Waals surface area contributed by atoms with Gasteiger partial charge in [-0.05, 0) is 43.7 Å². The van der Waals surface area contributed by atoms with Crippen molar-refractivity contribution in [3.8, 4) is 11.5 Å². The van der Waals surface area contributed by atoms with Gasteiger partial charge in [0.25, 0.3) is 0 Å². The Morgan fingerprint density at radius 1 is 1.12 bits per heavy atom. The van der Waals surface area contributed by atoms with E-state index in [4.69, 9.17) is 14.2 Å². The second-order valence-electron chi connectivity index (χ2n) is 7.29. The van der Waals surface area contributed by atoms with Crippen LogP contribution >= 0.6 is 15.9 Å². The highest BCUT2D eigenvalue weighted by atomic mass is 79.9. The van der Waals surface area contributed by atoms with Gasteiger partial charge in [0.1, 0.15) is 5.92 Å². The summed E-state index contributed by atoms with van der Waals surface area (Å²) >= 11 is 3.53. The van der Waals surface area contributed by atoms with Crippen molar-refractivity contribution in [3.63, 3.8) is 0 Å². The van der Waals surface area contributed by atoms with Gasteiger partial charge < -0.3 is 30.2 Å². The van der Waals surface area contributed by atoms with Crippen molar-refractivity contribution in [3.05, 3.63) is 64.3 Å². The van der Waals surface area contributed by atoms with Gasteiger partial charge in [0, 0.05) is 10.2 Å². The van der Waals surface area contributed by atoms with Crippen LogP contribution in [-0.2, 0) is 9.53 Å². The van der Waals surface area contributed by atoms with Crippen LogP contribution in [-0.4, -0.2) is 38.2 Å². The molecule has 3 amide bonds. The summed E-state index contributed by atoms with van der Waals surface area (Å²) in [6.45, 7) is 8.45. The zero-order valence-corrected chi connectivity index (χ0v) is 20.7. The summed E-state index contributed by atoms with van der Waals surface area (Å²) < 4.78 is 16.8. The number of esters is 1. The lowest BCUT2D eigenvalue weighted by atomic mass is 9.88. The fourth-order valence-corrected chi connectivity index (χ4v) is 4.24. The number of rotatable bonds is 8. The third kappa shape index (κ3) is 5.33. The molecule has 1 saturated heterocycles. The zero-order valence-electron chi connectivity index (χ0n) is 19.1. The van der Waals surface area contributed by atoms with Crippen LogP contribution < -0.4 is 25.4 Å². The smallest absolute Gasteiger partial charge is 0.339 e. The third-order valence-electron chi connectivity index (χ3n) is 5.14. The number of hydrogen-bond donors (Lipinski definition) is 3. The first-order chi connectivity index (χ1) is 16.3. The van der Waals surface area contributed by atoms with Crippen LogP contribution in [0.4, 0.5) is 10.5 Å². The average Bonchev–Trinajstić information content (AvgIpc) is 2.80. The van der Waals surface area contributed by atoms with E-state index in [0.29, 0.717) is 34.7 Å². The summed E-state index contributed by atoms with van der Waals surface area (Å²) in [7, 11) is 1.26. The quantitative estimate of drug-likeness (QED) is 0.440. The molecule has 180 valence electrons. The molecule has 2 aromatic carbocycles. The van der Waals surface area contributed by atoms with E-state index < -0.39 is 29.9 Å². The SMILES string of the molecule is C=C1NC(=O)N[C@H](c2cc(OCC)c(OCC)cc2Br)[C@H]1C(=O)Nc1ccccc1C(=O)OC. The Balaban J connectivity index is 2.01. The number of nitrogens with one attached hydrogen (secondary N) is 3. The molecule has 1 aliphatic rings. The van der Waals surface area contributed by atoms with E-state index in [0.717, 1.165) is 0 Å². The third-order valence-corrected chi connectivity index (χ3v) is 5.83. The summed E-state index contributed by atoms with van der Waals surface area (Å²) in [6.07, 6.45) is 0. The van der Waals surface area contributed by atoms with Gasteiger partial charge in [0.05, 0.1) is 37.6 Å². The van der Waals surface area contributed by atoms with Crippen molar-refractivity contribution in [2.45, 2.75) is 19.9 Å². The van der Waals surface area contributed by atoms with E-state index in [9.17, 15) is 14.4 Å². The number of methoxy groups -OCH3 is 1. The van der Waals surface area contributed by atoms with Gasteiger partial charge in [0.2, 0.25) is 5.91 Å². The number of ether oxygens (including phenoxy) is 3. The second kappa shape index (κ2) is 11.1. The summed E-state index contributed by atoms with van der Waals surface area (Å²) in [4.78, 5) is 37.9. The highest BCUT2D eigenvalue weighted by molar-refractivity contribution is 9.10. The number of benzene rings is 2. The summed E-state index contributed by atoms with van der Waals surface area (Å²) in [5.74, 6) is -0.954. The summed E-state index contributed by atoms with van der Waals surface area (Å²) in [6, 6.07) is 8.68. The largest absolute Gasteiger partial charge is 0.490 e. The number of para-hydroxylation sites is 1. The van der Waals surface area contributed by atoms with E-state index in [-0.39, 0.29) is 16.9 Å². The van der Waals surface area contributed by atoms with Crippen LogP contribution in [0.5, 0.6) is 11.5 Å². The standard InChI is InChI=1S/C24H26BrN3O6/c1-5-33-18-11-15(16(25)12-19(18)34-6-2)21-20(13(3)26-24(31)28-21)22(29)27-17-10-8-7-9-14(17)23(30)32-4/h7-12,20-21H,3,5-6H2,1-2,4H3,(H,27,29)(H2,26,28,31)/t20-,21+/m0/s1. The van der Waals surface area contributed by atoms with Crippen LogP contribution in [0.3, 0.4) is 0 Å². The maximum absolute atomic E-state index is 13.4. The minimum atomic E-state index is -0.910. The second-order valence-corrected chi connectivity index (χ2v) is 8.15. The Bertz CT molecular complexity index is 1120. The number of carbonyl (C=O) groups excluding carboxylic acids is 3. The van der Waals surface area contributed by atoms with E-state index in [1.165, 1.54) is 7.11 Å². The first kappa shape index (κ1) is 25.1. The number of urea groups is 1. The van der Waals surface area contributed by atoms with Crippen molar-refractivity contribution in [1.29, 1.82) is 0 Å². The molecule has 0 aromatic heterocycles. The van der Waals surface area contributed by atoms with Gasteiger partial charge in [-0.2, -0.15) is 0 Å². The Labute approximate surface area is 206 Å². The van der Waals surface area contributed by atoms with Crippen LogP contribution in [0.1, 0.15) is 35.8 Å². The lowest BCUT2D eigenvalue weighted by Crippen LogP contribution is -2.52. The predicted molar refractivity (Wildman–Crippen MR) is 130 cm³/mol. The fourth-order valence-electron chi connectivity index (χ4n) is 3.67. The van der Waals surface area contributed by atoms with Gasteiger partial charge in [-0.3, -0.25) is 4.79 Å². The molecule has 10 heteroatoms. The number of anilines is 1. The molecule has 0 saturated carbocycles. The molecule has 1 aliphatic heterocycles. The molecule has 0 radical (unpaired) electrons. The molecule has 0 aliphatic carbocycles. The van der Waals surface area contributed by atoms with Gasteiger partial charge in [-0.25, -0.2) is 9.59 Å². The molecule has 0 bridgehead atoms. The molecular weight excluding hydrogens is 506 g/mol. The van der Waals surface area contributed by atoms with Crippen molar-refractivity contribution in [2.24, 2.45) is 5.92 Å². The summed E-state index contributed by atoms with van der Waals surface area (Å²) in [5.41, 5.74) is 1.29. The Hall–Kier alpha value is -3.53. The predicted octanol–water partition coefficient (Wildman–Crippen LogP) is 4.16. The topological polar surface area (TPSA) is 115 Å². The zero-order chi connectivity index (χ0) is 24.8. The van der Waals surface area contributed by atoms with Crippen molar-refractivity contribution < 1.29 is 28.6 Å². The van der Waals surface area contributed by atoms with Crippen molar-refractivity contribution >= 4 is 39.5 Å². The van der Waals surface area contributed by atoms with E-state index >= 15 is 0 Å². The van der Waals surface area contributed by atoms with Gasteiger partial charge in [0.15, 0.2) is 11.5 Å². The maximum Gasteiger partial charge on any atom is 0.339 e. The number of carbonyl (C=O) groups is 3. The van der Waals surface area contributed by atoms with E-state index in [1.807, 2.05) is 13.8 Å². The van der Waals surface area contributed by atoms with Gasteiger partial charge in [-0.1, -0.05) is 34.6 Å².